The Kier molecular flexibility index (Phi) is 9.36. The Balaban J connectivity index is 1.88. The number of ether oxygens (including phenoxy) is 5. The highest BCUT2D eigenvalue weighted by atomic mass is 79.9. The molecule has 0 spiro atoms. The van der Waals surface area contributed by atoms with Gasteiger partial charge in [-0.15, -0.1) is 0 Å². The van der Waals surface area contributed by atoms with Gasteiger partial charge in [-0.3, -0.25) is 9.36 Å². The van der Waals surface area contributed by atoms with Gasteiger partial charge in [-0.25, -0.2) is 9.79 Å². The number of thiazole rings is 1. The second-order valence-electron chi connectivity index (χ2n) is 8.95. The van der Waals surface area contributed by atoms with E-state index in [0.29, 0.717) is 55.6 Å². The number of rotatable bonds is 10. The molecule has 9 nitrogen and oxygen atoms in total. The normalized spacial score (nSPS) is 14.8. The van der Waals surface area contributed by atoms with Gasteiger partial charge in [0.2, 0.25) is 0 Å². The van der Waals surface area contributed by atoms with Crippen molar-refractivity contribution in [3.63, 3.8) is 0 Å². The number of fused-ring (bicyclic) bond motifs is 1. The van der Waals surface area contributed by atoms with E-state index in [1.54, 1.807) is 31.4 Å². The molecule has 0 amide bonds. The van der Waals surface area contributed by atoms with Crippen LogP contribution < -0.4 is 33.8 Å². The van der Waals surface area contributed by atoms with Crippen molar-refractivity contribution < 1.29 is 28.5 Å². The topological polar surface area (TPSA) is 97.6 Å². The average molecular weight is 632 g/mol. The van der Waals surface area contributed by atoms with Crippen molar-refractivity contribution >= 4 is 39.3 Å². The van der Waals surface area contributed by atoms with Crippen LogP contribution in [-0.2, 0) is 9.53 Å². The molecule has 212 valence electrons. The van der Waals surface area contributed by atoms with Crippen LogP contribution in [0.3, 0.4) is 0 Å². The number of halogens is 1. The lowest BCUT2D eigenvalue weighted by molar-refractivity contribution is -0.136. The minimum atomic E-state index is -0.774. The number of hydrogen-bond acceptors (Lipinski definition) is 9. The fraction of sp³-hybridized carbons (Fsp3) is 0.345. The highest BCUT2D eigenvalue weighted by Gasteiger charge is 2.31. The van der Waals surface area contributed by atoms with E-state index in [2.05, 4.69) is 20.9 Å². The van der Waals surface area contributed by atoms with E-state index in [1.807, 2.05) is 39.8 Å². The number of benzene rings is 2. The summed E-state index contributed by atoms with van der Waals surface area (Å²) < 4.78 is 30.6. The van der Waals surface area contributed by atoms with Gasteiger partial charge in [-0.05, 0) is 85.1 Å². The molecule has 1 aliphatic heterocycles. The molecule has 0 fully saturated rings. The number of methoxy groups -OCH3 is 2. The van der Waals surface area contributed by atoms with Gasteiger partial charge in [-0.2, -0.15) is 0 Å². The zero-order valence-corrected chi connectivity index (χ0v) is 25.6. The standard InChI is InChI=1S/C29H31BrN2O7S/c1-7-37-21-10-9-18(14-22(21)38-8-2)25-19(28(34)36-6)15-31-29-32(25)27(33)24(40-29)13-17-11-20(30)26(39-16(3)4)23(12-17)35-5/h9-16,25H,7-8H2,1-6H3/b24-13+/t25-/m1/s1. The van der Waals surface area contributed by atoms with Crippen LogP contribution in [0.2, 0.25) is 0 Å². The van der Waals surface area contributed by atoms with Gasteiger partial charge in [0.15, 0.2) is 27.8 Å². The SMILES string of the molecule is CCOc1ccc([C@@H]2C(C(=O)OC)=CN=c3s/c(=C/c4cc(Br)c(OC(C)C)c(OC)c4)c(=O)n32)cc1OCC. The van der Waals surface area contributed by atoms with Crippen LogP contribution in [0.5, 0.6) is 23.0 Å². The molecule has 2 aromatic carbocycles. The molecule has 1 atom stereocenters. The fourth-order valence-corrected chi connectivity index (χ4v) is 5.83. The molecule has 0 saturated heterocycles. The maximum absolute atomic E-state index is 13.9. The van der Waals surface area contributed by atoms with Crippen LogP contribution in [0.15, 0.2) is 56.4 Å². The van der Waals surface area contributed by atoms with Crippen molar-refractivity contribution in [1.29, 1.82) is 0 Å². The summed E-state index contributed by atoms with van der Waals surface area (Å²) in [4.78, 5) is 31.6. The molecule has 4 rings (SSSR count). The molecule has 0 unspecified atom stereocenters. The van der Waals surface area contributed by atoms with Crippen molar-refractivity contribution in [1.82, 2.24) is 4.57 Å². The van der Waals surface area contributed by atoms with Crippen LogP contribution in [0.1, 0.15) is 44.9 Å². The Bertz CT molecular complexity index is 1620. The van der Waals surface area contributed by atoms with Crippen LogP contribution in [0.4, 0.5) is 0 Å². The summed E-state index contributed by atoms with van der Waals surface area (Å²) in [7, 11) is 2.86. The van der Waals surface area contributed by atoms with Gasteiger partial charge in [0.05, 0.1) is 54.2 Å². The van der Waals surface area contributed by atoms with E-state index in [1.165, 1.54) is 29.2 Å². The van der Waals surface area contributed by atoms with Gasteiger partial charge >= 0.3 is 5.97 Å². The third-order valence-corrected chi connectivity index (χ3v) is 7.50. The van der Waals surface area contributed by atoms with E-state index < -0.39 is 12.0 Å². The molecule has 0 N–H and O–H groups in total. The lowest BCUT2D eigenvalue weighted by Gasteiger charge is -2.23. The Morgan fingerprint density at radius 3 is 2.48 bits per heavy atom. The largest absolute Gasteiger partial charge is 0.493 e. The summed E-state index contributed by atoms with van der Waals surface area (Å²) in [6.07, 6.45) is 3.17. The average Bonchev–Trinajstić information content (AvgIpc) is 3.24. The van der Waals surface area contributed by atoms with Crippen LogP contribution in [0.25, 0.3) is 6.08 Å². The molecule has 40 heavy (non-hydrogen) atoms. The molecule has 1 aromatic heterocycles. The highest BCUT2D eigenvalue weighted by Crippen LogP contribution is 2.38. The number of carbonyl (C=O) groups is 1. The molecule has 0 saturated carbocycles. The summed E-state index contributed by atoms with van der Waals surface area (Å²) in [5.74, 6) is 1.63. The Morgan fingerprint density at radius 1 is 1.10 bits per heavy atom. The van der Waals surface area contributed by atoms with E-state index >= 15 is 0 Å². The predicted octanol–water partition coefficient (Wildman–Crippen LogP) is 4.37. The zero-order chi connectivity index (χ0) is 29.0. The summed E-state index contributed by atoms with van der Waals surface area (Å²) in [6.45, 7) is 8.51. The van der Waals surface area contributed by atoms with Crippen LogP contribution in [0, 0.1) is 0 Å². The van der Waals surface area contributed by atoms with Crippen molar-refractivity contribution in [3.05, 3.63) is 77.4 Å². The van der Waals surface area contributed by atoms with Crippen molar-refractivity contribution in [2.45, 2.75) is 39.8 Å². The summed E-state index contributed by atoms with van der Waals surface area (Å²) >= 11 is 4.78. The molecule has 11 heteroatoms. The Labute approximate surface area is 244 Å². The molecule has 2 heterocycles. The first-order valence-corrected chi connectivity index (χ1v) is 14.4. The summed E-state index contributed by atoms with van der Waals surface area (Å²) in [5, 5.41) is 0. The first-order valence-electron chi connectivity index (χ1n) is 12.7. The lowest BCUT2D eigenvalue weighted by atomic mass is 9.97. The highest BCUT2D eigenvalue weighted by molar-refractivity contribution is 9.10. The smallest absolute Gasteiger partial charge is 0.337 e. The second kappa shape index (κ2) is 12.7. The van der Waals surface area contributed by atoms with E-state index in [-0.39, 0.29) is 17.2 Å². The summed E-state index contributed by atoms with van der Waals surface area (Å²) in [6, 6.07) is 8.26. The lowest BCUT2D eigenvalue weighted by Crippen LogP contribution is -2.39. The Hall–Kier alpha value is -3.57. The van der Waals surface area contributed by atoms with Gasteiger partial charge in [0, 0.05) is 6.20 Å². The summed E-state index contributed by atoms with van der Waals surface area (Å²) in [5.41, 5.74) is 1.32. The number of aromatic nitrogens is 1. The van der Waals surface area contributed by atoms with Crippen LogP contribution >= 0.6 is 27.3 Å². The number of nitrogens with zero attached hydrogens (tertiary/aromatic N) is 2. The number of carbonyl (C=O) groups excluding carboxylic acids is 1. The third kappa shape index (κ3) is 5.95. The predicted molar refractivity (Wildman–Crippen MR) is 156 cm³/mol. The minimum absolute atomic E-state index is 0.0467. The molecule has 0 bridgehead atoms. The van der Waals surface area contributed by atoms with Gasteiger partial charge < -0.3 is 23.7 Å². The minimum Gasteiger partial charge on any atom is -0.493 e. The van der Waals surface area contributed by atoms with Gasteiger partial charge in [0.25, 0.3) is 5.56 Å². The molecule has 1 aliphatic rings. The zero-order valence-electron chi connectivity index (χ0n) is 23.1. The van der Waals surface area contributed by atoms with E-state index in [4.69, 9.17) is 23.7 Å². The first-order chi connectivity index (χ1) is 19.2. The second-order valence-corrected chi connectivity index (χ2v) is 10.8. The molecule has 0 aliphatic carbocycles. The molecule has 3 aromatic rings. The van der Waals surface area contributed by atoms with Crippen molar-refractivity contribution in [2.75, 3.05) is 27.4 Å². The fourth-order valence-electron chi connectivity index (χ4n) is 4.31. The maximum atomic E-state index is 13.9. The van der Waals surface area contributed by atoms with Gasteiger partial charge in [0.1, 0.15) is 0 Å². The van der Waals surface area contributed by atoms with Crippen molar-refractivity contribution in [3.8, 4) is 23.0 Å². The molecular formula is C29H31BrN2O7S. The monoisotopic (exact) mass is 630 g/mol. The molecular weight excluding hydrogens is 600 g/mol. The van der Waals surface area contributed by atoms with Gasteiger partial charge in [-0.1, -0.05) is 17.4 Å². The van der Waals surface area contributed by atoms with Crippen molar-refractivity contribution in [2.24, 2.45) is 4.99 Å². The molecule has 0 radical (unpaired) electrons. The van der Waals surface area contributed by atoms with E-state index in [0.717, 1.165) is 5.56 Å². The van der Waals surface area contributed by atoms with E-state index in [9.17, 15) is 9.59 Å². The Morgan fingerprint density at radius 2 is 1.82 bits per heavy atom. The first kappa shape index (κ1) is 29.4. The number of hydrogen-bond donors (Lipinski definition) is 0. The maximum Gasteiger partial charge on any atom is 0.337 e. The van der Waals surface area contributed by atoms with Crippen LogP contribution in [-0.4, -0.2) is 44.1 Å². The number of esters is 1. The quantitative estimate of drug-likeness (QED) is 0.307. The third-order valence-electron chi connectivity index (χ3n) is 5.91.